The molecule has 0 saturated carbocycles. The van der Waals surface area contributed by atoms with E-state index in [1.807, 2.05) is 4.90 Å². The van der Waals surface area contributed by atoms with E-state index in [1.165, 1.54) is 17.3 Å². The van der Waals surface area contributed by atoms with Crippen LogP contribution in [-0.2, 0) is 36.4 Å². The Hall–Kier alpha value is -3.82. The number of benzene rings is 1. The average molecular weight is 635 g/mol. The molecular weight excluding hydrogens is 607 g/mol. The Morgan fingerprint density at radius 1 is 0.636 bits per heavy atom. The molecule has 2 fully saturated rings. The van der Waals surface area contributed by atoms with Gasteiger partial charge in [0.05, 0.1) is 48.0 Å². The van der Waals surface area contributed by atoms with Gasteiger partial charge in [0.2, 0.25) is 5.95 Å². The molecule has 0 amide bonds. The van der Waals surface area contributed by atoms with Gasteiger partial charge < -0.3 is 19.4 Å². The zero-order valence-electron chi connectivity index (χ0n) is 23.1. The smallest absolute Gasteiger partial charge is 0.378 e. The van der Waals surface area contributed by atoms with E-state index >= 15 is 0 Å². The molecule has 0 bridgehead atoms. The van der Waals surface area contributed by atoms with Crippen molar-refractivity contribution in [1.82, 2.24) is 15.0 Å². The van der Waals surface area contributed by atoms with Gasteiger partial charge in [-0.25, -0.2) is 15.0 Å². The Morgan fingerprint density at radius 3 is 1.75 bits per heavy atom. The van der Waals surface area contributed by atoms with Gasteiger partial charge in [0.15, 0.2) is 0 Å². The number of aromatic nitrogens is 3. The molecule has 238 valence electrons. The highest BCUT2D eigenvalue weighted by molar-refractivity contribution is 5.52. The first-order valence-corrected chi connectivity index (χ1v) is 13.7. The summed E-state index contributed by atoms with van der Waals surface area (Å²) in [5, 5.41) is 0. The Bertz CT molecular complexity index is 1400. The van der Waals surface area contributed by atoms with Crippen LogP contribution < -0.4 is 14.7 Å². The second-order valence-electron chi connectivity index (χ2n) is 10.5. The van der Waals surface area contributed by atoms with Crippen LogP contribution in [0.25, 0.3) is 0 Å². The molecule has 4 heterocycles. The fourth-order valence-electron chi connectivity index (χ4n) is 5.18. The molecule has 0 radical (unpaired) electrons. The molecule has 0 atom stereocenters. The van der Waals surface area contributed by atoms with Crippen molar-refractivity contribution in [3.05, 3.63) is 70.7 Å². The third-order valence-corrected chi connectivity index (χ3v) is 7.34. The summed E-state index contributed by atoms with van der Waals surface area (Å²) >= 11 is 0. The molecule has 2 aliphatic heterocycles. The van der Waals surface area contributed by atoms with Gasteiger partial charge in [-0.1, -0.05) is 0 Å². The van der Waals surface area contributed by atoms with E-state index in [1.54, 1.807) is 4.90 Å². The molecule has 2 saturated heterocycles. The van der Waals surface area contributed by atoms with E-state index in [9.17, 15) is 39.5 Å². The quantitative estimate of drug-likeness (QED) is 0.273. The lowest BCUT2D eigenvalue weighted by molar-refractivity contribution is -0.143. The Balaban J connectivity index is 1.57. The molecule has 3 aromatic rings. The highest BCUT2D eigenvalue weighted by Gasteiger charge is 2.37. The first-order chi connectivity index (χ1) is 20.7. The summed E-state index contributed by atoms with van der Waals surface area (Å²) in [6.07, 6.45) is -9.74. The first kappa shape index (κ1) is 31.6. The number of hydrogen-bond donors (Lipinski definition) is 0. The van der Waals surface area contributed by atoms with E-state index in [4.69, 9.17) is 4.74 Å². The van der Waals surface area contributed by atoms with Crippen molar-refractivity contribution in [1.29, 1.82) is 0 Å². The van der Waals surface area contributed by atoms with Crippen LogP contribution in [0.4, 0.5) is 57.0 Å². The largest absolute Gasteiger partial charge is 0.417 e. The third-order valence-electron chi connectivity index (χ3n) is 7.34. The Kier molecular flexibility index (Phi) is 8.82. The maximum absolute atomic E-state index is 13.7. The predicted molar refractivity (Wildman–Crippen MR) is 142 cm³/mol. The van der Waals surface area contributed by atoms with Crippen molar-refractivity contribution in [2.75, 3.05) is 54.1 Å². The second kappa shape index (κ2) is 12.3. The van der Waals surface area contributed by atoms with Crippen molar-refractivity contribution in [3.63, 3.8) is 0 Å². The van der Waals surface area contributed by atoms with Crippen LogP contribution in [0.3, 0.4) is 0 Å². The maximum atomic E-state index is 13.7. The number of anilines is 3. The summed E-state index contributed by atoms with van der Waals surface area (Å²) in [7, 11) is 0. The monoisotopic (exact) mass is 634 g/mol. The summed E-state index contributed by atoms with van der Waals surface area (Å²) < 4.78 is 128. The van der Waals surface area contributed by atoms with Crippen molar-refractivity contribution < 1.29 is 44.3 Å². The Labute approximate surface area is 246 Å². The molecule has 0 spiro atoms. The summed E-state index contributed by atoms with van der Waals surface area (Å²) in [5.41, 5.74) is -3.76. The average Bonchev–Trinajstić information content (AvgIpc) is 3.51. The highest BCUT2D eigenvalue weighted by Crippen LogP contribution is 2.38. The number of rotatable bonds is 7. The minimum absolute atomic E-state index is 0.0175. The van der Waals surface area contributed by atoms with Crippen LogP contribution in [0.5, 0.6) is 0 Å². The van der Waals surface area contributed by atoms with Crippen molar-refractivity contribution in [2.45, 2.75) is 44.5 Å². The number of hydrogen-bond acceptors (Lipinski definition) is 7. The van der Waals surface area contributed by atoms with Gasteiger partial charge >= 0.3 is 18.5 Å². The van der Waals surface area contributed by atoms with E-state index in [-0.39, 0.29) is 35.5 Å². The fraction of sp³-hybridized carbons (Fsp3) is 0.464. The molecule has 0 N–H and O–H groups in total. The molecule has 5 rings (SSSR count). The molecule has 0 unspecified atom stereocenters. The number of halogens is 9. The van der Waals surface area contributed by atoms with Gasteiger partial charge in [0, 0.05) is 51.0 Å². The van der Waals surface area contributed by atoms with E-state index in [0.29, 0.717) is 63.4 Å². The highest BCUT2D eigenvalue weighted by atomic mass is 19.4. The van der Waals surface area contributed by atoms with Gasteiger partial charge in [-0.3, -0.25) is 0 Å². The van der Waals surface area contributed by atoms with Crippen LogP contribution >= 0.6 is 0 Å². The molecule has 2 aliphatic rings. The van der Waals surface area contributed by atoms with Crippen molar-refractivity contribution in [2.24, 2.45) is 0 Å². The lowest BCUT2D eigenvalue weighted by Crippen LogP contribution is -2.36. The topological polar surface area (TPSA) is 57.6 Å². The van der Waals surface area contributed by atoms with Gasteiger partial charge in [-0.2, -0.15) is 39.5 Å². The molecule has 0 aliphatic carbocycles. The fourth-order valence-corrected chi connectivity index (χ4v) is 5.18. The van der Waals surface area contributed by atoms with Gasteiger partial charge in [-0.15, -0.1) is 0 Å². The molecule has 16 heteroatoms. The van der Waals surface area contributed by atoms with Crippen molar-refractivity contribution >= 4 is 17.5 Å². The molecular formula is C28H27F9N6O. The maximum Gasteiger partial charge on any atom is 0.417 e. The standard InChI is InChI=1S/C28H27F9N6O/c29-26(30,31)20-9-18(10-21(12-20)27(32,33)34)16-43(25-39-14-23(15-40-25)41-5-7-44-8-6-41)17-19-11-22(28(35,36)37)13-38-24(19)42-3-1-2-4-42/h9-15H,1-8,16-17H2. The number of pyridine rings is 1. The summed E-state index contributed by atoms with van der Waals surface area (Å²) in [6, 6.07) is 2.07. The van der Waals surface area contributed by atoms with Gasteiger partial charge in [0.1, 0.15) is 5.82 Å². The first-order valence-electron chi connectivity index (χ1n) is 13.7. The zero-order valence-corrected chi connectivity index (χ0v) is 23.1. The summed E-state index contributed by atoms with van der Waals surface area (Å²) in [5.74, 6) is 0.142. The van der Waals surface area contributed by atoms with E-state index in [0.717, 1.165) is 18.9 Å². The Morgan fingerprint density at radius 2 is 1.20 bits per heavy atom. The van der Waals surface area contributed by atoms with Crippen molar-refractivity contribution in [3.8, 4) is 0 Å². The number of alkyl halides is 9. The minimum atomic E-state index is -5.08. The molecule has 7 nitrogen and oxygen atoms in total. The molecule has 2 aromatic heterocycles. The molecule has 1 aromatic carbocycles. The van der Waals surface area contributed by atoms with Crippen LogP contribution in [0.1, 0.15) is 40.7 Å². The van der Waals surface area contributed by atoms with E-state index in [2.05, 4.69) is 15.0 Å². The van der Waals surface area contributed by atoms with Crippen LogP contribution in [0, 0.1) is 0 Å². The summed E-state index contributed by atoms with van der Waals surface area (Å²) in [6.45, 7) is 2.13. The van der Waals surface area contributed by atoms with Gasteiger partial charge in [0.25, 0.3) is 0 Å². The zero-order chi connectivity index (χ0) is 31.7. The van der Waals surface area contributed by atoms with E-state index < -0.39 is 41.8 Å². The van der Waals surface area contributed by atoms with Crippen LogP contribution in [0.15, 0.2) is 42.9 Å². The lowest BCUT2D eigenvalue weighted by atomic mass is 10.0. The number of nitrogens with zero attached hydrogens (tertiary/aromatic N) is 6. The minimum Gasteiger partial charge on any atom is -0.378 e. The third kappa shape index (κ3) is 7.45. The van der Waals surface area contributed by atoms with Crippen LogP contribution in [-0.4, -0.2) is 54.3 Å². The SMILES string of the molecule is FC(F)(F)c1cc(CN(Cc2cc(C(F)(F)F)cnc2N2CCCC2)c2ncc(N3CCOCC3)cn2)cc(C(F)(F)F)c1. The second-order valence-corrected chi connectivity index (χ2v) is 10.5. The molecule has 44 heavy (non-hydrogen) atoms. The summed E-state index contributed by atoms with van der Waals surface area (Å²) in [4.78, 5) is 17.7. The number of ether oxygens (including phenoxy) is 1. The predicted octanol–water partition coefficient (Wildman–Crippen LogP) is 6.57. The number of morpholine rings is 1. The lowest BCUT2D eigenvalue weighted by Gasteiger charge is -2.29. The van der Waals surface area contributed by atoms with Gasteiger partial charge in [-0.05, 0) is 42.7 Å². The van der Waals surface area contributed by atoms with Crippen LogP contribution in [0.2, 0.25) is 0 Å². The normalized spacial score (nSPS) is 16.5.